The topological polar surface area (TPSA) is 26.0 Å². The largest absolute Gasteiger partial charge is 0.324 e. The highest BCUT2D eigenvalue weighted by atomic mass is 14.6. The van der Waals surface area contributed by atoms with E-state index in [2.05, 4.69) is 19.9 Å². The first-order chi connectivity index (χ1) is 6.65. The highest BCUT2D eigenvalue weighted by Crippen LogP contribution is 2.39. The third-order valence-electron chi connectivity index (χ3n) is 3.90. The van der Waals surface area contributed by atoms with Gasteiger partial charge in [-0.1, -0.05) is 25.5 Å². The highest BCUT2D eigenvalue weighted by Gasteiger charge is 2.28. The molecular weight excluding hydrogens is 170 g/mol. The van der Waals surface area contributed by atoms with Crippen molar-refractivity contribution in [3.8, 4) is 0 Å². The van der Waals surface area contributed by atoms with E-state index in [4.69, 9.17) is 5.73 Å². The lowest BCUT2D eigenvalue weighted by molar-refractivity contribution is 0.242. The fraction of sp³-hybridized carbons (Fsp3) is 0.846. The summed E-state index contributed by atoms with van der Waals surface area (Å²) in [6.45, 7) is 4.80. The van der Waals surface area contributed by atoms with Gasteiger partial charge in [0, 0.05) is 6.04 Å². The van der Waals surface area contributed by atoms with E-state index in [1.54, 1.807) is 5.57 Å². The van der Waals surface area contributed by atoms with E-state index in [9.17, 15) is 0 Å². The second-order valence-electron chi connectivity index (χ2n) is 5.56. The van der Waals surface area contributed by atoms with Gasteiger partial charge in [-0.15, -0.1) is 0 Å². The molecule has 1 fully saturated rings. The Hall–Kier alpha value is -0.300. The smallest absolute Gasteiger partial charge is 0.0229 e. The van der Waals surface area contributed by atoms with Gasteiger partial charge in [0.15, 0.2) is 0 Å². The van der Waals surface area contributed by atoms with Gasteiger partial charge >= 0.3 is 0 Å². The lowest BCUT2D eigenvalue weighted by Crippen LogP contribution is -2.20. The molecule has 0 aliphatic heterocycles. The van der Waals surface area contributed by atoms with Crippen molar-refractivity contribution in [2.75, 3.05) is 0 Å². The van der Waals surface area contributed by atoms with Gasteiger partial charge in [-0.25, -0.2) is 0 Å². The normalized spacial score (nSPS) is 43.8. The first kappa shape index (κ1) is 10.2. The maximum absolute atomic E-state index is 5.92. The zero-order valence-electron chi connectivity index (χ0n) is 9.50. The van der Waals surface area contributed by atoms with Crippen molar-refractivity contribution in [2.45, 2.75) is 52.0 Å². The molecule has 2 aliphatic carbocycles. The Labute approximate surface area is 87.8 Å². The average molecular weight is 193 g/mol. The maximum atomic E-state index is 5.92. The molecule has 0 bridgehead atoms. The zero-order valence-corrected chi connectivity index (χ0v) is 9.50. The summed E-state index contributed by atoms with van der Waals surface area (Å²) in [4.78, 5) is 0. The number of hydrogen-bond acceptors (Lipinski definition) is 1. The van der Waals surface area contributed by atoms with Gasteiger partial charge in [-0.3, -0.25) is 0 Å². The van der Waals surface area contributed by atoms with Crippen LogP contribution in [-0.2, 0) is 0 Å². The van der Waals surface area contributed by atoms with E-state index >= 15 is 0 Å². The Morgan fingerprint density at radius 3 is 2.29 bits per heavy atom. The molecule has 80 valence electrons. The van der Waals surface area contributed by atoms with E-state index in [1.807, 2.05) is 0 Å². The minimum atomic E-state index is 0.359. The zero-order chi connectivity index (χ0) is 10.1. The van der Waals surface area contributed by atoms with Crippen molar-refractivity contribution >= 4 is 0 Å². The third kappa shape index (κ3) is 2.20. The van der Waals surface area contributed by atoms with Crippen molar-refractivity contribution in [1.29, 1.82) is 0 Å². The fourth-order valence-electron chi connectivity index (χ4n) is 3.36. The monoisotopic (exact) mass is 193 g/mol. The second-order valence-corrected chi connectivity index (χ2v) is 5.56. The first-order valence-corrected chi connectivity index (χ1v) is 6.11. The molecular formula is C13H23N. The summed E-state index contributed by atoms with van der Waals surface area (Å²) < 4.78 is 0. The van der Waals surface area contributed by atoms with E-state index in [-0.39, 0.29) is 0 Å². The van der Waals surface area contributed by atoms with Crippen molar-refractivity contribution in [3.63, 3.8) is 0 Å². The summed E-state index contributed by atoms with van der Waals surface area (Å²) in [7, 11) is 0. The quantitative estimate of drug-likeness (QED) is 0.636. The number of allylic oxidation sites excluding steroid dienone is 1. The van der Waals surface area contributed by atoms with Crippen molar-refractivity contribution in [1.82, 2.24) is 0 Å². The predicted molar refractivity (Wildman–Crippen MR) is 61.0 cm³/mol. The van der Waals surface area contributed by atoms with Crippen LogP contribution in [0, 0.1) is 17.8 Å². The van der Waals surface area contributed by atoms with Crippen LogP contribution in [0.4, 0.5) is 0 Å². The molecule has 0 spiro atoms. The minimum absolute atomic E-state index is 0.359. The predicted octanol–water partition coefficient (Wildman–Crippen LogP) is 3.11. The SMILES string of the molecule is CC1CC(C)CC(C2=CC(N)CC2)C1. The molecule has 0 saturated heterocycles. The van der Waals surface area contributed by atoms with Gasteiger partial charge in [0.2, 0.25) is 0 Å². The second kappa shape index (κ2) is 4.06. The Kier molecular flexibility index (Phi) is 2.96. The van der Waals surface area contributed by atoms with Gasteiger partial charge in [0.1, 0.15) is 0 Å². The lowest BCUT2D eigenvalue weighted by Gasteiger charge is -2.32. The molecule has 0 aromatic carbocycles. The third-order valence-corrected chi connectivity index (χ3v) is 3.90. The van der Waals surface area contributed by atoms with E-state index in [1.165, 1.54) is 32.1 Å². The van der Waals surface area contributed by atoms with Crippen LogP contribution >= 0.6 is 0 Å². The molecule has 2 rings (SSSR count). The lowest BCUT2D eigenvalue weighted by atomic mass is 9.73. The molecule has 1 nitrogen and oxygen atoms in total. The summed E-state index contributed by atoms with van der Waals surface area (Å²) >= 11 is 0. The van der Waals surface area contributed by atoms with Crippen LogP contribution in [0.3, 0.4) is 0 Å². The molecule has 3 atom stereocenters. The Morgan fingerprint density at radius 1 is 1.14 bits per heavy atom. The summed E-state index contributed by atoms with van der Waals surface area (Å²) in [5, 5.41) is 0. The number of nitrogens with two attached hydrogens (primary N) is 1. The number of hydrogen-bond donors (Lipinski definition) is 1. The molecule has 0 amide bonds. The van der Waals surface area contributed by atoms with Crippen LogP contribution in [-0.4, -0.2) is 6.04 Å². The van der Waals surface area contributed by atoms with E-state index in [0.29, 0.717) is 6.04 Å². The first-order valence-electron chi connectivity index (χ1n) is 6.11. The van der Waals surface area contributed by atoms with E-state index in [0.717, 1.165) is 17.8 Å². The molecule has 1 heteroatoms. The van der Waals surface area contributed by atoms with Crippen LogP contribution in [0.2, 0.25) is 0 Å². The molecule has 0 heterocycles. The molecule has 2 N–H and O–H groups in total. The summed E-state index contributed by atoms with van der Waals surface area (Å²) in [5.41, 5.74) is 7.60. The minimum Gasteiger partial charge on any atom is -0.324 e. The number of rotatable bonds is 1. The van der Waals surface area contributed by atoms with Crippen molar-refractivity contribution in [2.24, 2.45) is 23.5 Å². The van der Waals surface area contributed by atoms with Gasteiger partial charge < -0.3 is 5.73 Å². The van der Waals surface area contributed by atoms with Crippen molar-refractivity contribution in [3.05, 3.63) is 11.6 Å². The van der Waals surface area contributed by atoms with Gasteiger partial charge in [0.25, 0.3) is 0 Å². The Bertz CT molecular complexity index is 221. The molecule has 0 radical (unpaired) electrons. The Balaban J connectivity index is 2.00. The maximum Gasteiger partial charge on any atom is 0.0229 e. The van der Waals surface area contributed by atoms with Crippen LogP contribution in [0.1, 0.15) is 46.0 Å². The summed E-state index contributed by atoms with van der Waals surface area (Å²) in [5.74, 6) is 2.70. The Morgan fingerprint density at radius 2 is 1.79 bits per heavy atom. The van der Waals surface area contributed by atoms with Gasteiger partial charge in [-0.05, 0) is 49.9 Å². The average Bonchev–Trinajstić information content (AvgIpc) is 2.50. The molecule has 0 aromatic rings. The fourth-order valence-corrected chi connectivity index (χ4v) is 3.36. The van der Waals surface area contributed by atoms with E-state index < -0.39 is 0 Å². The summed E-state index contributed by atoms with van der Waals surface area (Å²) in [6.07, 6.45) is 9.04. The molecule has 0 aromatic heterocycles. The molecule has 2 aliphatic rings. The highest BCUT2D eigenvalue weighted by molar-refractivity contribution is 5.17. The molecule has 1 saturated carbocycles. The van der Waals surface area contributed by atoms with Crippen LogP contribution in [0.5, 0.6) is 0 Å². The standard InChI is InChI=1S/C13H23N/c1-9-5-10(2)7-12(6-9)11-3-4-13(14)8-11/h8-10,12-13H,3-7,14H2,1-2H3. The van der Waals surface area contributed by atoms with Crippen LogP contribution in [0.25, 0.3) is 0 Å². The molecule has 14 heavy (non-hydrogen) atoms. The summed E-state index contributed by atoms with van der Waals surface area (Å²) in [6, 6.07) is 0.359. The van der Waals surface area contributed by atoms with Crippen LogP contribution < -0.4 is 5.73 Å². The van der Waals surface area contributed by atoms with Crippen molar-refractivity contribution < 1.29 is 0 Å². The molecule has 3 unspecified atom stereocenters. The van der Waals surface area contributed by atoms with Crippen LogP contribution in [0.15, 0.2) is 11.6 Å². The van der Waals surface area contributed by atoms with Gasteiger partial charge in [-0.2, -0.15) is 0 Å². The van der Waals surface area contributed by atoms with Gasteiger partial charge in [0.05, 0.1) is 0 Å².